The van der Waals surface area contributed by atoms with Gasteiger partial charge >= 0.3 is 0 Å². The number of ether oxygens (including phenoxy) is 2. The number of aliphatic hydroxyl groups excluding tert-OH is 4. The molecular weight excluding hydrogens is 240 g/mol. The molecule has 2 fully saturated rings. The molecule has 0 spiro atoms. The standard InChI is InChI=1S/C12H22O6/c13-6-8-9(14)10(15)11(16)12(18-8)17-7-4-2-1-3-5-7/h7-16H,1-6H2/t8-,9-,10+,11-,12-/m1/s1. The van der Waals surface area contributed by atoms with Crippen LogP contribution < -0.4 is 0 Å². The third-order valence-electron chi connectivity index (χ3n) is 3.73. The summed E-state index contributed by atoms with van der Waals surface area (Å²) in [6.07, 6.45) is -0.644. The Morgan fingerprint density at radius 3 is 2.22 bits per heavy atom. The lowest BCUT2D eigenvalue weighted by atomic mass is 9.96. The third-order valence-corrected chi connectivity index (χ3v) is 3.73. The molecule has 1 aliphatic carbocycles. The van der Waals surface area contributed by atoms with Crippen LogP contribution in [0.3, 0.4) is 0 Å². The molecule has 0 aromatic heterocycles. The van der Waals surface area contributed by atoms with E-state index in [1.807, 2.05) is 0 Å². The summed E-state index contributed by atoms with van der Waals surface area (Å²) in [4.78, 5) is 0. The van der Waals surface area contributed by atoms with E-state index in [4.69, 9.17) is 14.6 Å². The average Bonchev–Trinajstić information content (AvgIpc) is 2.40. The average molecular weight is 262 g/mol. The van der Waals surface area contributed by atoms with Crippen LogP contribution in [0.5, 0.6) is 0 Å². The first-order valence-corrected chi connectivity index (χ1v) is 6.59. The highest BCUT2D eigenvalue weighted by molar-refractivity contribution is 4.89. The van der Waals surface area contributed by atoms with Crippen molar-refractivity contribution in [3.63, 3.8) is 0 Å². The van der Waals surface area contributed by atoms with Gasteiger partial charge in [-0.25, -0.2) is 0 Å². The van der Waals surface area contributed by atoms with Crippen LogP contribution in [0.25, 0.3) is 0 Å². The van der Waals surface area contributed by atoms with Crippen LogP contribution in [0.2, 0.25) is 0 Å². The lowest BCUT2D eigenvalue weighted by Gasteiger charge is -2.41. The highest BCUT2D eigenvalue weighted by Crippen LogP contribution is 2.27. The maximum atomic E-state index is 9.81. The van der Waals surface area contributed by atoms with Gasteiger partial charge in [0, 0.05) is 0 Å². The Balaban J connectivity index is 1.93. The van der Waals surface area contributed by atoms with Gasteiger partial charge in [-0.2, -0.15) is 0 Å². The van der Waals surface area contributed by atoms with E-state index in [9.17, 15) is 15.3 Å². The molecule has 0 radical (unpaired) electrons. The summed E-state index contributed by atoms with van der Waals surface area (Å²) in [6, 6.07) is 0. The summed E-state index contributed by atoms with van der Waals surface area (Å²) in [5.74, 6) is 0. The van der Waals surface area contributed by atoms with Crippen molar-refractivity contribution in [3.05, 3.63) is 0 Å². The molecule has 0 aromatic rings. The van der Waals surface area contributed by atoms with Gasteiger partial charge in [0.05, 0.1) is 12.7 Å². The van der Waals surface area contributed by atoms with Crippen molar-refractivity contribution in [2.24, 2.45) is 0 Å². The highest BCUT2D eigenvalue weighted by atomic mass is 16.7. The molecule has 2 rings (SSSR count). The molecule has 2 aliphatic rings. The van der Waals surface area contributed by atoms with E-state index in [-0.39, 0.29) is 6.10 Å². The molecular formula is C12H22O6. The van der Waals surface area contributed by atoms with Crippen molar-refractivity contribution in [1.29, 1.82) is 0 Å². The SMILES string of the molecule is OC[C@H]1O[C@@H](OC2CCCCC2)[C@H](O)[C@@H](O)[C@@H]1O. The first-order valence-electron chi connectivity index (χ1n) is 6.59. The molecule has 0 unspecified atom stereocenters. The van der Waals surface area contributed by atoms with Gasteiger partial charge in [-0.05, 0) is 12.8 Å². The Morgan fingerprint density at radius 1 is 0.944 bits per heavy atom. The summed E-state index contributed by atoms with van der Waals surface area (Å²) < 4.78 is 10.9. The predicted octanol–water partition coefficient (Wildman–Crippen LogP) is -0.864. The van der Waals surface area contributed by atoms with Gasteiger partial charge in [0.2, 0.25) is 0 Å². The molecule has 1 saturated heterocycles. The predicted molar refractivity (Wildman–Crippen MR) is 61.7 cm³/mol. The van der Waals surface area contributed by atoms with Crippen molar-refractivity contribution in [2.75, 3.05) is 6.61 Å². The van der Waals surface area contributed by atoms with Gasteiger partial charge in [0.1, 0.15) is 24.4 Å². The zero-order chi connectivity index (χ0) is 13.1. The Hall–Kier alpha value is -0.240. The van der Waals surface area contributed by atoms with Gasteiger partial charge in [0.25, 0.3) is 0 Å². The monoisotopic (exact) mass is 262 g/mol. The summed E-state index contributed by atoms with van der Waals surface area (Å²) in [7, 11) is 0. The molecule has 6 nitrogen and oxygen atoms in total. The van der Waals surface area contributed by atoms with Crippen molar-refractivity contribution in [1.82, 2.24) is 0 Å². The molecule has 0 bridgehead atoms. The Kier molecular flexibility index (Phi) is 4.94. The Labute approximate surface area is 106 Å². The topological polar surface area (TPSA) is 99.4 Å². The Morgan fingerprint density at radius 2 is 1.61 bits per heavy atom. The summed E-state index contributed by atoms with van der Waals surface area (Å²) in [5, 5.41) is 38.1. The maximum Gasteiger partial charge on any atom is 0.186 e. The van der Waals surface area contributed by atoms with E-state index in [0.717, 1.165) is 25.7 Å². The van der Waals surface area contributed by atoms with Crippen LogP contribution in [0.15, 0.2) is 0 Å². The second-order valence-corrected chi connectivity index (χ2v) is 5.09. The van der Waals surface area contributed by atoms with Crippen LogP contribution in [0, 0.1) is 0 Å². The van der Waals surface area contributed by atoms with Crippen LogP contribution in [0.1, 0.15) is 32.1 Å². The van der Waals surface area contributed by atoms with Gasteiger partial charge in [-0.15, -0.1) is 0 Å². The molecule has 0 aromatic carbocycles. The first-order chi connectivity index (χ1) is 8.63. The second kappa shape index (κ2) is 6.27. The second-order valence-electron chi connectivity index (χ2n) is 5.09. The minimum atomic E-state index is -1.36. The normalized spacial score (nSPS) is 43.0. The van der Waals surface area contributed by atoms with Crippen LogP contribution in [-0.4, -0.2) is 63.8 Å². The van der Waals surface area contributed by atoms with Gasteiger partial charge in [0.15, 0.2) is 6.29 Å². The number of hydrogen-bond acceptors (Lipinski definition) is 6. The number of hydrogen-bond donors (Lipinski definition) is 4. The quantitative estimate of drug-likeness (QED) is 0.528. The molecule has 106 valence electrons. The van der Waals surface area contributed by atoms with Crippen molar-refractivity contribution < 1.29 is 29.9 Å². The molecule has 1 saturated carbocycles. The number of aliphatic hydroxyl groups is 4. The van der Waals surface area contributed by atoms with Gasteiger partial charge < -0.3 is 29.9 Å². The third kappa shape index (κ3) is 3.01. The molecule has 1 aliphatic heterocycles. The summed E-state index contributed by atoms with van der Waals surface area (Å²) >= 11 is 0. The van der Waals surface area contributed by atoms with Gasteiger partial charge in [-0.1, -0.05) is 19.3 Å². The van der Waals surface area contributed by atoms with Crippen LogP contribution >= 0.6 is 0 Å². The van der Waals surface area contributed by atoms with E-state index >= 15 is 0 Å². The van der Waals surface area contributed by atoms with Gasteiger partial charge in [-0.3, -0.25) is 0 Å². The minimum absolute atomic E-state index is 0.0141. The fraction of sp³-hybridized carbons (Fsp3) is 1.00. The zero-order valence-electron chi connectivity index (χ0n) is 10.3. The molecule has 6 heteroatoms. The summed E-state index contributed by atoms with van der Waals surface area (Å²) in [6.45, 7) is -0.421. The largest absolute Gasteiger partial charge is 0.394 e. The lowest BCUT2D eigenvalue weighted by molar-refractivity contribution is -0.312. The summed E-state index contributed by atoms with van der Waals surface area (Å²) in [5.41, 5.74) is 0. The fourth-order valence-electron chi connectivity index (χ4n) is 2.57. The molecule has 1 heterocycles. The van der Waals surface area contributed by atoms with E-state index in [2.05, 4.69) is 0 Å². The molecule has 0 amide bonds. The van der Waals surface area contributed by atoms with E-state index in [1.54, 1.807) is 0 Å². The Bertz CT molecular complexity index is 253. The highest BCUT2D eigenvalue weighted by Gasteiger charge is 2.44. The van der Waals surface area contributed by atoms with Crippen LogP contribution in [-0.2, 0) is 9.47 Å². The molecule has 4 N–H and O–H groups in total. The smallest absolute Gasteiger partial charge is 0.186 e. The molecule has 5 atom stereocenters. The number of rotatable bonds is 3. The van der Waals surface area contributed by atoms with E-state index < -0.39 is 37.3 Å². The van der Waals surface area contributed by atoms with E-state index in [0.29, 0.717) is 0 Å². The molecule has 18 heavy (non-hydrogen) atoms. The van der Waals surface area contributed by atoms with Crippen molar-refractivity contribution >= 4 is 0 Å². The van der Waals surface area contributed by atoms with Crippen LogP contribution in [0.4, 0.5) is 0 Å². The zero-order valence-corrected chi connectivity index (χ0v) is 10.3. The minimum Gasteiger partial charge on any atom is -0.394 e. The van der Waals surface area contributed by atoms with Crippen molar-refractivity contribution in [3.8, 4) is 0 Å². The first kappa shape index (κ1) is 14.2. The van der Waals surface area contributed by atoms with Crippen molar-refractivity contribution in [2.45, 2.75) is 68.9 Å². The van der Waals surface area contributed by atoms with E-state index in [1.165, 1.54) is 6.42 Å². The lowest BCUT2D eigenvalue weighted by Crippen LogP contribution is -2.59. The maximum absolute atomic E-state index is 9.81. The fourth-order valence-corrected chi connectivity index (χ4v) is 2.57.